The Hall–Kier alpha value is -3.07. The van der Waals surface area contributed by atoms with Crippen LogP contribution < -0.4 is 10.1 Å². The molecule has 0 unspecified atom stereocenters. The molecule has 3 rings (SSSR count). The van der Waals surface area contributed by atoms with E-state index in [9.17, 15) is 4.79 Å². The number of rotatable bonds is 0. The summed E-state index contributed by atoms with van der Waals surface area (Å²) in [7, 11) is 1.54. The van der Waals surface area contributed by atoms with Gasteiger partial charge in [0, 0.05) is 13.2 Å². The second-order valence-electron chi connectivity index (χ2n) is 6.74. The lowest BCUT2D eigenvalue weighted by Gasteiger charge is -2.18. The molecule has 1 N–H and O–H groups in total. The molecule has 0 fully saturated rings. The van der Waals surface area contributed by atoms with Crippen molar-refractivity contribution in [3.8, 4) is 17.6 Å². The number of carbonyl (C=O) groups excluding carboxylic acids is 1. The molecule has 2 heterocycles. The summed E-state index contributed by atoms with van der Waals surface area (Å²) in [4.78, 5) is 14.8. The predicted molar refractivity (Wildman–Crippen MR) is 98.2 cm³/mol. The van der Waals surface area contributed by atoms with Gasteiger partial charge < -0.3 is 14.8 Å². The van der Waals surface area contributed by atoms with Crippen molar-refractivity contribution in [2.75, 3.05) is 7.05 Å². The van der Waals surface area contributed by atoms with Gasteiger partial charge in [-0.15, -0.1) is 0 Å². The van der Waals surface area contributed by atoms with Crippen LogP contribution in [-0.4, -0.2) is 23.7 Å². The highest BCUT2D eigenvalue weighted by atomic mass is 16.6. The van der Waals surface area contributed by atoms with Crippen LogP contribution in [0.1, 0.15) is 37.6 Å². The Kier molecular flexibility index (Phi) is 6.18. The number of nitriles is 1. The number of aromatic nitrogens is 1. The molecular weight excluding hydrogens is 330 g/mol. The first-order chi connectivity index (χ1) is 12.3. The van der Waals surface area contributed by atoms with E-state index >= 15 is 0 Å². The summed E-state index contributed by atoms with van der Waals surface area (Å²) in [5, 5.41) is 11.2. The molecular formula is C20H23N3O3. The predicted octanol–water partition coefficient (Wildman–Crippen LogP) is 3.99. The largest absolute Gasteiger partial charge is 0.455 e. The molecule has 1 aromatic carbocycles. The summed E-state index contributed by atoms with van der Waals surface area (Å²) < 4.78 is 10.7. The summed E-state index contributed by atoms with van der Waals surface area (Å²) in [6.07, 6.45) is 3.09. The van der Waals surface area contributed by atoms with Crippen molar-refractivity contribution >= 4 is 6.09 Å². The van der Waals surface area contributed by atoms with Crippen molar-refractivity contribution in [3.05, 3.63) is 53.3 Å². The standard InChI is InChI=1S/C14H10N2O.C6H13NO2/c15-9-10-3-6-13-11(8-10)4-5-12-14(17-13)2-1-7-16-12;1-6(2,3)9-5(8)7-4/h1-3,6-8H,4-5H2;1-4H3,(H,7,8). The average Bonchev–Trinajstić information content (AvgIpc) is 2.79. The Bertz CT molecular complexity index is 820. The van der Waals surface area contributed by atoms with E-state index in [0.29, 0.717) is 5.56 Å². The van der Waals surface area contributed by atoms with Crippen molar-refractivity contribution < 1.29 is 14.3 Å². The molecule has 0 saturated carbocycles. The van der Waals surface area contributed by atoms with Gasteiger partial charge in [0.1, 0.15) is 17.1 Å². The van der Waals surface area contributed by atoms with Gasteiger partial charge in [-0.3, -0.25) is 4.98 Å². The van der Waals surface area contributed by atoms with Crippen LogP contribution in [0.3, 0.4) is 0 Å². The van der Waals surface area contributed by atoms with E-state index in [1.165, 1.54) is 7.05 Å². The first kappa shape index (κ1) is 19.3. The van der Waals surface area contributed by atoms with E-state index in [1.54, 1.807) is 12.3 Å². The van der Waals surface area contributed by atoms with Crippen LogP contribution in [0, 0.1) is 11.3 Å². The van der Waals surface area contributed by atoms with Gasteiger partial charge in [-0.05, 0) is 69.5 Å². The summed E-state index contributed by atoms with van der Waals surface area (Å²) >= 11 is 0. The second kappa shape index (κ2) is 8.34. The minimum Gasteiger partial charge on any atom is -0.455 e. The van der Waals surface area contributed by atoms with E-state index in [0.717, 1.165) is 35.6 Å². The summed E-state index contributed by atoms with van der Waals surface area (Å²) in [6.45, 7) is 5.46. The van der Waals surface area contributed by atoms with E-state index in [4.69, 9.17) is 14.7 Å². The van der Waals surface area contributed by atoms with Crippen LogP contribution in [0.4, 0.5) is 4.79 Å². The fourth-order valence-corrected chi connectivity index (χ4v) is 2.35. The van der Waals surface area contributed by atoms with Gasteiger partial charge >= 0.3 is 6.09 Å². The molecule has 26 heavy (non-hydrogen) atoms. The number of aryl methyl sites for hydroxylation is 2. The van der Waals surface area contributed by atoms with Gasteiger partial charge in [-0.1, -0.05) is 0 Å². The number of benzene rings is 1. The molecule has 1 aliphatic heterocycles. The summed E-state index contributed by atoms with van der Waals surface area (Å²) in [5.41, 5.74) is 2.33. The molecule has 0 radical (unpaired) electrons. The zero-order valence-corrected chi connectivity index (χ0v) is 15.5. The zero-order valence-electron chi connectivity index (χ0n) is 15.5. The third kappa shape index (κ3) is 5.49. The Balaban J connectivity index is 0.000000232. The number of hydrogen-bond acceptors (Lipinski definition) is 5. The molecule has 1 aromatic heterocycles. The molecule has 0 bridgehead atoms. The Morgan fingerprint density at radius 1 is 1.27 bits per heavy atom. The summed E-state index contributed by atoms with van der Waals surface area (Å²) in [5.74, 6) is 1.65. The monoisotopic (exact) mass is 353 g/mol. The number of nitrogens with one attached hydrogen (secondary N) is 1. The minimum absolute atomic E-state index is 0.387. The smallest absolute Gasteiger partial charge is 0.407 e. The number of alkyl carbamates (subject to hydrolysis) is 1. The van der Waals surface area contributed by atoms with Crippen molar-refractivity contribution in [2.24, 2.45) is 0 Å². The molecule has 136 valence electrons. The van der Waals surface area contributed by atoms with E-state index in [1.807, 2.05) is 45.0 Å². The number of ether oxygens (including phenoxy) is 2. The lowest BCUT2D eigenvalue weighted by atomic mass is 10.1. The third-order valence-electron chi connectivity index (χ3n) is 3.49. The maximum atomic E-state index is 10.5. The highest BCUT2D eigenvalue weighted by Crippen LogP contribution is 2.32. The van der Waals surface area contributed by atoms with Crippen LogP contribution in [0.5, 0.6) is 11.5 Å². The lowest BCUT2D eigenvalue weighted by Crippen LogP contribution is -2.30. The van der Waals surface area contributed by atoms with Crippen LogP contribution in [0.15, 0.2) is 36.5 Å². The maximum absolute atomic E-state index is 10.5. The number of nitrogens with zero attached hydrogens (tertiary/aromatic N) is 2. The van der Waals surface area contributed by atoms with E-state index in [-0.39, 0.29) is 11.7 Å². The maximum Gasteiger partial charge on any atom is 0.407 e. The number of fused-ring (bicyclic) bond motifs is 2. The van der Waals surface area contributed by atoms with Gasteiger partial charge in [-0.2, -0.15) is 5.26 Å². The van der Waals surface area contributed by atoms with Gasteiger partial charge in [0.25, 0.3) is 0 Å². The first-order valence-electron chi connectivity index (χ1n) is 8.38. The fraction of sp³-hybridized carbons (Fsp3) is 0.350. The van der Waals surface area contributed by atoms with Gasteiger partial charge in [0.15, 0.2) is 0 Å². The topological polar surface area (TPSA) is 84.2 Å². The number of hydrogen-bond donors (Lipinski definition) is 1. The highest BCUT2D eigenvalue weighted by Gasteiger charge is 2.15. The molecule has 0 spiro atoms. The number of amides is 1. The van der Waals surface area contributed by atoms with Crippen LogP contribution in [-0.2, 0) is 17.6 Å². The molecule has 1 aliphatic rings. The fourth-order valence-electron chi connectivity index (χ4n) is 2.35. The summed E-state index contributed by atoms with van der Waals surface area (Å²) in [6, 6.07) is 11.5. The number of carbonyl (C=O) groups is 1. The lowest BCUT2D eigenvalue weighted by molar-refractivity contribution is 0.0541. The third-order valence-corrected chi connectivity index (χ3v) is 3.49. The molecule has 2 aromatic rings. The minimum atomic E-state index is -0.389. The van der Waals surface area contributed by atoms with Gasteiger partial charge in [0.05, 0.1) is 17.3 Å². The van der Waals surface area contributed by atoms with Crippen LogP contribution in [0.25, 0.3) is 0 Å². The van der Waals surface area contributed by atoms with Gasteiger partial charge in [-0.25, -0.2) is 4.79 Å². The quantitative estimate of drug-likeness (QED) is 0.774. The Morgan fingerprint density at radius 2 is 2.04 bits per heavy atom. The van der Waals surface area contributed by atoms with Crippen LogP contribution >= 0.6 is 0 Å². The zero-order chi connectivity index (χ0) is 19.2. The Morgan fingerprint density at radius 3 is 2.65 bits per heavy atom. The molecule has 0 saturated heterocycles. The SMILES string of the molecule is CNC(=O)OC(C)(C)C.N#Cc1ccc2c(c1)CCc1ncccc1O2. The van der Waals surface area contributed by atoms with Crippen molar-refractivity contribution in [1.82, 2.24) is 10.3 Å². The highest BCUT2D eigenvalue weighted by molar-refractivity contribution is 5.67. The molecule has 6 heteroatoms. The molecule has 0 aliphatic carbocycles. The first-order valence-corrected chi connectivity index (χ1v) is 8.38. The molecule has 0 atom stereocenters. The molecule has 1 amide bonds. The van der Waals surface area contributed by atoms with E-state index < -0.39 is 0 Å². The Labute approximate surface area is 153 Å². The second-order valence-corrected chi connectivity index (χ2v) is 6.74. The normalized spacial score (nSPS) is 12.0. The van der Waals surface area contributed by atoms with Crippen molar-refractivity contribution in [1.29, 1.82) is 5.26 Å². The number of pyridine rings is 1. The molecule has 6 nitrogen and oxygen atoms in total. The van der Waals surface area contributed by atoms with Crippen LogP contribution in [0.2, 0.25) is 0 Å². The van der Waals surface area contributed by atoms with E-state index in [2.05, 4.69) is 16.4 Å². The van der Waals surface area contributed by atoms with Crippen molar-refractivity contribution in [3.63, 3.8) is 0 Å². The average molecular weight is 353 g/mol. The van der Waals surface area contributed by atoms with Gasteiger partial charge in [0.2, 0.25) is 0 Å². The van der Waals surface area contributed by atoms with Crippen molar-refractivity contribution in [2.45, 2.75) is 39.2 Å².